The molecule has 0 radical (unpaired) electrons. The van der Waals surface area contributed by atoms with Crippen molar-refractivity contribution < 1.29 is 36.9 Å². The molecule has 6 heteroatoms. The highest BCUT2D eigenvalue weighted by atomic mass is 16.5. The topological polar surface area (TPSA) is 42.8 Å². The lowest BCUT2D eigenvalue weighted by atomic mass is 9.82. The Morgan fingerprint density at radius 2 is 0.974 bits per heavy atom. The highest BCUT2D eigenvalue weighted by Crippen LogP contribution is 2.52. The maximum atomic E-state index is 9.32. The summed E-state index contributed by atoms with van der Waals surface area (Å²) in [5.74, 6) is 1.09. The van der Waals surface area contributed by atoms with Gasteiger partial charge in [-0.15, -0.1) is 0 Å². The van der Waals surface area contributed by atoms with Crippen LogP contribution in [-0.4, -0.2) is 16.2 Å². The number of nitrogens with zero attached hydrogens (tertiary/aromatic N) is 4. The van der Waals surface area contributed by atoms with Crippen molar-refractivity contribution in [3.05, 3.63) is 266 Å². The number of para-hydroxylation sites is 4. The molecule has 0 saturated carbocycles. The van der Waals surface area contributed by atoms with E-state index in [1.54, 1.807) is 24.3 Å². The van der Waals surface area contributed by atoms with Crippen LogP contribution in [-0.2, 0) is 5.41 Å². The first kappa shape index (κ1) is 29.3. The summed E-state index contributed by atoms with van der Waals surface area (Å²) in [4.78, 5) is 8.65. The number of benzene rings is 10. The minimum absolute atomic E-state index is 0.00537. The van der Waals surface area contributed by atoms with Gasteiger partial charge in [0.05, 0.1) is 55.5 Å². The van der Waals surface area contributed by atoms with E-state index in [2.05, 4.69) is 0 Å². The molecule has 0 spiro atoms. The Kier molecular flexibility index (Phi) is 7.45. The summed E-state index contributed by atoms with van der Waals surface area (Å²) in [6, 6.07) is 27.5. The molecule has 0 bridgehead atoms. The maximum Gasteiger partial charge on any atom is 0.143 e. The number of ether oxygens (including phenoxy) is 2. The van der Waals surface area contributed by atoms with Gasteiger partial charge in [0.2, 0.25) is 0 Å². The third-order valence-electron chi connectivity index (χ3n) is 13.3. The predicted molar refractivity (Wildman–Crippen MR) is 314 cm³/mol. The summed E-state index contributed by atoms with van der Waals surface area (Å²) in [6.07, 6.45) is 1.49. The van der Waals surface area contributed by atoms with Gasteiger partial charge in [-0.2, -0.15) is 0 Å². The molecular weight excluding hydrogens is 929 g/mol. The molecule has 10 aromatic carbocycles. The second kappa shape index (κ2) is 19.3. The Bertz CT molecular complexity index is 5030. The fraction of sp³-hybridized carbons (Fsp3) is 0.0714. The summed E-state index contributed by atoms with van der Waals surface area (Å²) in [5, 5.41) is 1.66. The lowest BCUT2D eigenvalue weighted by Gasteiger charge is -2.30. The van der Waals surface area contributed by atoms with Gasteiger partial charge < -0.3 is 19.3 Å². The molecular formula is C70H54N4O2. The first-order chi connectivity index (χ1) is 45.6. The van der Waals surface area contributed by atoms with Gasteiger partial charge in [0.15, 0.2) is 0 Å². The van der Waals surface area contributed by atoms with Crippen molar-refractivity contribution in [2.45, 2.75) is 26.2 Å². The van der Waals surface area contributed by atoms with Crippen molar-refractivity contribution in [1.29, 1.82) is 0 Å². The van der Waals surface area contributed by atoms with E-state index in [1.807, 2.05) is 120 Å². The molecule has 0 N–H and O–H groups in total. The highest BCUT2D eigenvalue weighted by Gasteiger charge is 2.33. The molecule has 76 heavy (non-hydrogen) atoms. The fourth-order valence-corrected chi connectivity index (χ4v) is 9.76. The van der Waals surface area contributed by atoms with E-state index in [-0.39, 0.29) is 68.4 Å². The Labute approximate surface area is 472 Å². The van der Waals surface area contributed by atoms with Gasteiger partial charge in [0, 0.05) is 63.1 Å². The van der Waals surface area contributed by atoms with E-state index in [4.69, 9.17) is 36.4 Å². The third kappa shape index (κ3) is 8.59. The van der Waals surface area contributed by atoms with Crippen LogP contribution in [0.25, 0.3) is 72.1 Å². The molecule has 13 rings (SSSR count). The van der Waals surface area contributed by atoms with E-state index in [0.29, 0.717) is 45.5 Å². The number of pyridine rings is 1. The molecule has 0 fully saturated rings. The van der Waals surface area contributed by atoms with Crippen LogP contribution < -0.4 is 19.3 Å². The summed E-state index contributed by atoms with van der Waals surface area (Å²) in [5.41, 5.74) is 2.94. The van der Waals surface area contributed by atoms with Crippen LogP contribution in [0.3, 0.4) is 0 Å². The molecule has 6 nitrogen and oxygen atoms in total. The largest absolute Gasteiger partial charge is 0.457 e. The number of aromatic nitrogens is 2. The minimum Gasteiger partial charge on any atom is -0.457 e. The Morgan fingerprint density at radius 3 is 1.59 bits per heavy atom. The summed E-state index contributed by atoms with van der Waals surface area (Å²) in [6.45, 7) is 5.77. The molecule has 0 unspecified atom stereocenters. The van der Waals surface area contributed by atoms with Gasteiger partial charge >= 0.3 is 0 Å². The molecule has 0 amide bonds. The first-order valence-electron chi connectivity index (χ1n) is 34.3. The molecule has 1 aliphatic heterocycles. The third-order valence-corrected chi connectivity index (χ3v) is 13.3. The Balaban J connectivity index is 0.914. The van der Waals surface area contributed by atoms with E-state index >= 15 is 0 Å². The Hall–Kier alpha value is -9.65. The second-order valence-electron chi connectivity index (χ2n) is 18.9. The number of hydrogen-bond donors (Lipinski definition) is 0. The SMILES string of the molecule is [2H]c1c([2H])c([2H])c(-c2cccc(-c3c([2H])c([2H])c([2H])c([2H])c3[2H])c2Oc2ccnc(-n3c4ccccc4c4ccc(Oc5cccc(N6CN(c7c(-c8c([2H])c([2H])c([2H])c([2H])c8[2H])cc(C(C)(C)C)cc7-c7c([2H])c([2H])c([2H])c([2H])c7[2H])c7ccccc76)c5)cc43)c2)c([2H])c1[2H]. The van der Waals surface area contributed by atoms with Crippen LogP contribution in [0.5, 0.6) is 23.0 Å². The lowest BCUT2D eigenvalue weighted by Crippen LogP contribution is -2.25. The van der Waals surface area contributed by atoms with Crippen LogP contribution in [0.1, 0.15) is 53.7 Å². The van der Waals surface area contributed by atoms with Gasteiger partial charge in [0.25, 0.3) is 0 Å². The monoisotopic (exact) mass is 1000 g/mol. The average Bonchev–Trinajstić information content (AvgIpc) is 1.16. The second-order valence-corrected chi connectivity index (χ2v) is 18.9. The fourth-order valence-electron chi connectivity index (χ4n) is 9.76. The van der Waals surface area contributed by atoms with E-state index < -0.39 is 126 Å². The van der Waals surface area contributed by atoms with Crippen LogP contribution in [0.2, 0.25) is 0 Å². The normalized spacial score (nSPS) is 16.0. The van der Waals surface area contributed by atoms with Crippen molar-refractivity contribution in [3.8, 4) is 73.3 Å². The minimum atomic E-state index is -0.676. The Morgan fingerprint density at radius 1 is 0.447 bits per heavy atom. The summed E-state index contributed by atoms with van der Waals surface area (Å²) < 4.78 is 192. The van der Waals surface area contributed by atoms with Crippen molar-refractivity contribution in [2.75, 3.05) is 16.5 Å². The van der Waals surface area contributed by atoms with E-state index in [0.717, 1.165) is 16.3 Å². The maximum absolute atomic E-state index is 9.32. The van der Waals surface area contributed by atoms with Gasteiger partial charge in [-0.05, 0) is 93.9 Å². The molecule has 1 aliphatic rings. The van der Waals surface area contributed by atoms with Gasteiger partial charge in [-0.3, -0.25) is 4.57 Å². The molecule has 3 heterocycles. The summed E-state index contributed by atoms with van der Waals surface area (Å²) >= 11 is 0. The van der Waals surface area contributed by atoms with Crippen molar-refractivity contribution in [3.63, 3.8) is 0 Å². The van der Waals surface area contributed by atoms with Crippen molar-refractivity contribution in [1.82, 2.24) is 9.55 Å². The highest BCUT2D eigenvalue weighted by molar-refractivity contribution is 6.09. The molecule has 0 aliphatic carbocycles. The van der Waals surface area contributed by atoms with E-state index in [1.165, 1.54) is 30.5 Å². The van der Waals surface area contributed by atoms with Gasteiger partial charge in [0.1, 0.15) is 35.5 Å². The molecule has 12 aromatic rings. The number of fused-ring (bicyclic) bond motifs is 4. The molecule has 2 aromatic heterocycles. The van der Waals surface area contributed by atoms with Crippen LogP contribution >= 0.6 is 0 Å². The average molecular weight is 1000 g/mol. The zero-order valence-electron chi connectivity index (χ0n) is 61.1. The van der Waals surface area contributed by atoms with Gasteiger partial charge in [-0.25, -0.2) is 4.98 Å². The number of anilines is 4. The molecule has 0 saturated heterocycles. The molecule has 366 valence electrons. The predicted octanol–water partition coefficient (Wildman–Crippen LogP) is 19.0. The summed E-state index contributed by atoms with van der Waals surface area (Å²) in [7, 11) is 0. The zero-order valence-corrected chi connectivity index (χ0v) is 41.1. The van der Waals surface area contributed by atoms with Crippen LogP contribution in [0, 0.1) is 0 Å². The van der Waals surface area contributed by atoms with Crippen LogP contribution in [0.4, 0.5) is 22.7 Å². The number of hydrogen-bond acceptors (Lipinski definition) is 5. The van der Waals surface area contributed by atoms with E-state index in [9.17, 15) is 5.48 Å². The van der Waals surface area contributed by atoms with Crippen molar-refractivity contribution >= 4 is 44.6 Å². The van der Waals surface area contributed by atoms with Gasteiger partial charge in [-0.1, -0.05) is 196 Å². The van der Waals surface area contributed by atoms with Crippen LogP contribution in [0.15, 0.2) is 261 Å². The zero-order chi connectivity index (χ0) is 68.6. The first-order valence-corrected chi connectivity index (χ1v) is 24.3. The smallest absolute Gasteiger partial charge is 0.143 e. The quantitative estimate of drug-likeness (QED) is 0.129. The van der Waals surface area contributed by atoms with Crippen molar-refractivity contribution in [2.24, 2.45) is 0 Å². The standard InChI is InChI=1S/C70H54N4O2/c1-70(2,3)52-42-61(50-26-12-6-13-27-50)68(62(43-52)51-28-14-7-15-29-51)73-47-72(64-36-18-19-37-65(64)73)53-30-20-31-54(44-53)75-55-38-39-60-59-32-16-17-35-63(59)74(66(60)45-55)67-46-56(40-41-71-67)76-69-57(48-22-8-4-9-23-48)33-21-34-58(69)49-24-10-5-11-25-49/h4-46H,47H2,1-3H3/i4D,5D,6D,7D,8D,9D,10D,11D,12D,13D,14D,15D,22D,23D,24D,25D,26D,27D,28D,29D. The lowest BCUT2D eigenvalue weighted by molar-refractivity contribution is 0.483. The number of rotatable bonds is 11. The molecule has 0 atom stereocenters.